The Hall–Kier alpha value is -2.66. The summed E-state index contributed by atoms with van der Waals surface area (Å²) in [6.45, 7) is 5.88. The molecule has 2 fully saturated rings. The van der Waals surface area contributed by atoms with Crippen LogP contribution in [0.4, 0.5) is 5.69 Å². The first-order chi connectivity index (χ1) is 14.1. The number of carbonyl (C=O) groups excluding carboxylic acids is 2. The van der Waals surface area contributed by atoms with Gasteiger partial charge in [0.1, 0.15) is 0 Å². The summed E-state index contributed by atoms with van der Waals surface area (Å²) in [6, 6.07) is 16.1. The summed E-state index contributed by atoms with van der Waals surface area (Å²) in [5.74, 6) is 0.769. The van der Waals surface area contributed by atoms with Crippen LogP contribution in [0.1, 0.15) is 53.6 Å². The van der Waals surface area contributed by atoms with Crippen molar-refractivity contribution in [1.29, 1.82) is 0 Å². The summed E-state index contributed by atoms with van der Waals surface area (Å²) in [4.78, 5) is 28.2. The van der Waals surface area contributed by atoms with Crippen molar-refractivity contribution in [3.05, 3.63) is 65.2 Å². The van der Waals surface area contributed by atoms with Gasteiger partial charge < -0.3 is 10.2 Å². The van der Waals surface area contributed by atoms with Gasteiger partial charge in [0.15, 0.2) is 0 Å². The molecule has 2 aromatic rings. The maximum absolute atomic E-state index is 12.5. The molecular formula is C24H29N3O2. The first kappa shape index (κ1) is 19.6. The van der Waals surface area contributed by atoms with E-state index >= 15 is 0 Å². The summed E-state index contributed by atoms with van der Waals surface area (Å²) < 4.78 is 0. The molecule has 1 heterocycles. The van der Waals surface area contributed by atoms with Gasteiger partial charge in [-0.15, -0.1) is 0 Å². The van der Waals surface area contributed by atoms with Gasteiger partial charge in [0.25, 0.3) is 5.91 Å². The molecule has 0 aromatic heterocycles. The highest BCUT2D eigenvalue weighted by molar-refractivity contribution is 6.04. The molecule has 5 nitrogen and oxygen atoms in total. The van der Waals surface area contributed by atoms with Crippen molar-refractivity contribution in [2.45, 2.75) is 38.6 Å². The number of nitrogens with zero attached hydrogens (tertiary/aromatic N) is 2. The Labute approximate surface area is 172 Å². The monoisotopic (exact) mass is 391 g/mol. The van der Waals surface area contributed by atoms with Crippen LogP contribution in [0.2, 0.25) is 0 Å². The minimum atomic E-state index is -0.0711. The lowest BCUT2D eigenvalue weighted by Gasteiger charge is -2.34. The molecule has 2 aromatic carbocycles. The van der Waals surface area contributed by atoms with Crippen molar-refractivity contribution in [2.24, 2.45) is 0 Å². The molecule has 0 atom stereocenters. The minimum Gasteiger partial charge on any atom is -0.340 e. The van der Waals surface area contributed by atoms with Gasteiger partial charge in [-0.05, 0) is 54.2 Å². The van der Waals surface area contributed by atoms with Crippen LogP contribution in [0, 0.1) is 0 Å². The molecule has 0 unspecified atom stereocenters. The molecule has 1 saturated heterocycles. The zero-order valence-electron chi connectivity index (χ0n) is 17.1. The maximum atomic E-state index is 12.5. The van der Waals surface area contributed by atoms with E-state index in [0.29, 0.717) is 11.5 Å². The smallest absolute Gasteiger partial charge is 0.255 e. The van der Waals surface area contributed by atoms with Crippen LogP contribution in [-0.4, -0.2) is 47.8 Å². The molecule has 0 bridgehead atoms. The topological polar surface area (TPSA) is 52.7 Å². The number of nitrogens with one attached hydrogen (secondary N) is 1. The van der Waals surface area contributed by atoms with Crippen molar-refractivity contribution in [1.82, 2.24) is 9.80 Å². The third-order valence-electron chi connectivity index (χ3n) is 6.19. The summed E-state index contributed by atoms with van der Waals surface area (Å²) >= 11 is 0. The molecule has 152 valence electrons. The maximum Gasteiger partial charge on any atom is 0.255 e. The lowest BCUT2D eigenvalue weighted by atomic mass is 9.80. The van der Waals surface area contributed by atoms with Crippen molar-refractivity contribution >= 4 is 17.5 Å². The molecule has 1 saturated carbocycles. The first-order valence-corrected chi connectivity index (χ1v) is 10.6. The van der Waals surface area contributed by atoms with Gasteiger partial charge in [0.2, 0.25) is 5.91 Å². The van der Waals surface area contributed by atoms with Crippen LogP contribution in [0.15, 0.2) is 48.5 Å². The van der Waals surface area contributed by atoms with Crippen molar-refractivity contribution in [3.8, 4) is 0 Å². The van der Waals surface area contributed by atoms with Gasteiger partial charge in [-0.25, -0.2) is 0 Å². The lowest BCUT2D eigenvalue weighted by Crippen LogP contribution is -2.47. The number of piperazine rings is 1. The number of hydrogen-bond acceptors (Lipinski definition) is 3. The number of benzene rings is 2. The molecular weight excluding hydrogens is 362 g/mol. The third kappa shape index (κ3) is 4.85. The summed E-state index contributed by atoms with van der Waals surface area (Å²) in [6.07, 6.45) is 3.85. The van der Waals surface area contributed by atoms with E-state index in [0.717, 1.165) is 38.4 Å². The molecule has 2 aliphatic rings. The molecule has 4 rings (SSSR count). The third-order valence-corrected chi connectivity index (χ3v) is 6.19. The van der Waals surface area contributed by atoms with Crippen LogP contribution in [0.3, 0.4) is 0 Å². The number of amides is 2. The molecule has 0 radical (unpaired) electrons. The fourth-order valence-corrected chi connectivity index (χ4v) is 4.02. The van der Waals surface area contributed by atoms with E-state index in [4.69, 9.17) is 0 Å². The first-order valence-electron chi connectivity index (χ1n) is 10.6. The predicted molar refractivity (Wildman–Crippen MR) is 115 cm³/mol. The van der Waals surface area contributed by atoms with E-state index in [-0.39, 0.29) is 11.8 Å². The number of hydrogen-bond donors (Lipinski definition) is 1. The Kier molecular flexibility index (Phi) is 5.95. The molecule has 1 aliphatic heterocycles. The average Bonchev–Trinajstić information content (AvgIpc) is 2.69. The van der Waals surface area contributed by atoms with Crippen LogP contribution >= 0.6 is 0 Å². The normalized spacial score (nSPS) is 17.6. The quantitative estimate of drug-likeness (QED) is 0.842. The van der Waals surface area contributed by atoms with E-state index in [9.17, 15) is 9.59 Å². The standard InChI is InChI=1S/C24H29N3O2/c1-18(28)27-15-13-26(14-16-27)17-19-5-11-23(12-6-19)25-24(29)22-9-7-21(8-10-22)20-3-2-4-20/h5-12,20H,2-4,13-17H2,1H3,(H,25,29). The van der Waals surface area contributed by atoms with Crippen LogP contribution in [0.5, 0.6) is 0 Å². The summed E-state index contributed by atoms with van der Waals surface area (Å²) in [5.41, 5.74) is 4.06. The molecule has 0 spiro atoms. The highest BCUT2D eigenvalue weighted by Crippen LogP contribution is 2.36. The van der Waals surface area contributed by atoms with Crippen LogP contribution in [0.25, 0.3) is 0 Å². The fraction of sp³-hybridized carbons (Fsp3) is 0.417. The van der Waals surface area contributed by atoms with Crippen molar-refractivity contribution < 1.29 is 9.59 Å². The minimum absolute atomic E-state index is 0.0711. The Morgan fingerprint density at radius 1 is 0.931 bits per heavy atom. The van der Waals surface area contributed by atoms with E-state index in [1.807, 2.05) is 29.2 Å². The fourth-order valence-electron chi connectivity index (χ4n) is 4.02. The van der Waals surface area contributed by atoms with Gasteiger partial charge in [-0.3, -0.25) is 14.5 Å². The highest BCUT2D eigenvalue weighted by Gasteiger charge is 2.20. The molecule has 2 amide bonds. The zero-order valence-corrected chi connectivity index (χ0v) is 17.1. The Bertz CT molecular complexity index is 849. The Morgan fingerprint density at radius 2 is 1.59 bits per heavy atom. The SMILES string of the molecule is CC(=O)N1CCN(Cc2ccc(NC(=O)c3ccc(C4CCC4)cc3)cc2)CC1. The lowest BCUT2D eigenvalue weighted by molar-refractivity contribution is -0.130. The molecule has 29 heavy (non-hydrogen) atoms. The Balaban J connectivity index is 1.29. The highest BCUT2D eigenvalue weighted by atomic mass is 16.2. The predicted octanol–water partition coefficient (Wildman–Crippen LogP) is 3.87. The summed E-state index contributed by atoms with van der Waals surface area (Å²) in [5, 5.41) is 2.99. The number of rotatable bonds is 5. The second-order valence-corrected chi connectivity index (χ2v) is 8.18. The van der Waals surface area contributed by atoms with Gasteiger partial charge in [0.05, 0.1) is 0 Å². The van der Waals surface area contributed by atoms with Crippen LogP contribution in [-0.2, 0) is 11.3 Å². The zero-order chi connectivity index (χ0) is 20.2. The molecule has 5 heteroatoms. The van der Waals surface area contributed by atoms with E-state index in [1.165, 1.54) is 30.4 Å². The average molecular weight is 392 g/mol. The Morgan fingerprint density at radius 3 is 2.14 bits per heavy atom. The molecule has 1 aliphatic carbocycles. The number of anilines is 1. The van der Waals surface area contributed by atoms with E-state index in [1.54, 1.807) is 6.92 Å². The van der Waals surface area contributed by atoms with Crippen molar-refractivity contribution in [3.63, 3.8) is 0 Å². The largest absolute Gasteiger partial charge is 0.340 e. The van der Waals surface area contributed by atoms with E-state index < -0.39 is 0 Å². The van der Waals surface area contributed by atoms with E-state index in [2.05, 4.69) is 34.5 Å². The van der Waals surface area contributed by atoms with Gasteiger partial charge >= 0.3 is 0 Å². The van der Waals surface area contributed by atoms with Crippen molar-refractivity contribution in [2.75, 3.05) is 31.5 Å². The van der Waals surface area contributed by atoms with Gasteiger partial charge in [-0.2, -0.15) is 0 Å². The molecule has 1 N–H and O–H groups in total. The second-order valence-electron chi connectivity index (χ2n) is 8.18. The van der Waals surface area contributed by atoms with Gasteiger partial charge in [-0.1, -0.05) is 30.7 Å². The second kappa shape index (κ2) is 8.78. The summed E-state index contributed by atoms with van der Waals surface area (Å²) in [7, 11) is 0. The van der Waals surface area contributed by atoms with Crippen LogP contribution < -0.4 is 5.32 Å². The van der Waals surface area contributed by atoms with Gasteiger partial charge in [0, 0.05) is 50.9 Å². The number of carbonyl (C=O) groups is 2.